The van der Waals surface area contributed by atoms with E-state index in [1.807, 2.05) is 28.8 Å². The van der Waals surface area contributed by atoms with E-state index in [1.165, 1.54) is 6.07 Å². The largest absolute Gasteiger partial charge is 0.464 e. The SMILES string of the molecule is COCCn1c(-c2cccc3ccoc23)cc(=O)[nH]c1=S. The van der Waals surface area contributed by atoms with E-state index < -0.39 is 0 Å². The quantitative estimate of drug-likeness (QED) is 0.753. The number of methoxy groups -OCH3 is 1. The highest BCUT2D eigenvalue weighted by atomic mass is 32.1. The van der Waals surface area contributed by atoms with Crippen molar-refractivity contribution in [2.24, 2.45) is 0 Å². The Labute approximate surface area is 125 Å². The summed E-state index contributed by atoms with van der Waals surface area (Å²) in [6, 6.07) is 9.23. The Balaban J connectivity index is 2.28. The summed E-state index contributed by atoms with van der Waals surface area (Å²) in [5, 5.41) is 0.983. The number of benzene rings is 1. The van der Waals surface area contributed by atoms with Gasteiger partial charge < -0.3 is 13.7 Å². The summed E-state index contributed by atoms with van der Waals surface area (Å²) < 4.78 is 12.9. The molecule has 0 spiro atoms. The molecule has 1 aromatic carbocycles. The highest BCUT2D eigenvalue weighted by Crippen LogP contribution is 2.28. The van der Waals surface area contributed by atoms with Gasteiger partial charge in [-0.2, -0.15) is 0 Å². The van der Waals surface area contributed by atoms with Crippen LogP contribution in [0.4, 0.5) is 0 Å². The number of hydrogen-bond acceptors (Lipinski definition) is 4. The van der Waals surface area contributed by atoms with Crippen molar-refractivity contribution in [3.05, 3.63) is 51.7 Å². The fourth-order valence-electron chi connectivity index (χ4n) is 2.34. The molecular weight excluding hydrogens is 288 g/mol. The maximum absolute atomic E-state index is 11.8. The number of hydrogen-bond donors (Lipinski definition) is 1. The Morgan fingerprint density at radius 1 is 1.38 bits per heavy atom. The molecule has 0 saturated carbocycles. The molecule has 0 amide bonds. The number of fused-ring (bicyclic) bond motifs is 1. The number of rotatable bonds is 4. The second kappa shape index (κ2) is 5.67. The van der Waals surface area contributed by atoms with Crippen molar-refractivity contribution < 1.29 is 9.15 Å². The Hall–Kier alpha value is -2.18. The molecule has 6 heteroatoms. The number of ether oxygens (including phenoxy) is 1. The lowest BCUT2D eigenvalue weighted by Gasteiger charge is -2.13. The molecule has 0 radical (unpaired) electrons. The van der Waals surface area contributed by atoms with Gasteiger partial charge in [0.05, 0.1) is 18.6 Å². The molecule has 0 aliphatic carbocycles. The van der Waals surface area contributed by atoms with Crippen LogP contribution in [0.15, 0.2) is 45.8 Å². The fraction of sp³-hybridized carbons (Fsp3) is 0.200. The van der Waals surface area contributed by atoms with Crippen molar-refractivity contribution in [1.29, 1.82) is 0 Å². The van der Waals surface area contributed by atoms with Gasteiger partial charge in [0, 0.05) is 30.7 Å². The number of furan rings is 1. The normalized spacial score (nSPS) is 11.1. The molecule has 0 bridgehead atoms. The molecule has 0 aliphatic rings. The van der Waals surface area contributed by atoms with Gasteiger partial charge in [-0.3, -0.25) is 9.78 Å². The molecule has 2 aromatic heterocycles. The van der Waals surface area contributed by atoms with Crippen LogP contribution in [0.5, 0.6) is 0 Å². The van der Waals surface area contributed by atoms with Crippen molar-refractivity contribution in [2.45, 2.75) is 6.54 Å². The molecular formula is C15H14N2O3S. The van der Waals surface area contributed by atoms with Gasteiger partial charge in [0.25, 0.3) is 5.56 Å². The van der Waals surface area contributed by atoms with Crippen LogP contribution < -0.4 is 5.56 Å². The zero-order valence-electron chi connectivity index (χ0n) is 11.5. The second-order valence-electron chi connectivity index (χ2n) is 4.61. The van der Waals surface area contributed by atoms with Crippen LogP contribution in [0.3, 0.4) is 0 Å². The van der Waals surface area contributed by atoms with E-state index >= 15 is 0 Å². The molecule has 21 heavy (non-hydrogen) atoms. The third kappa shape index (κ3) is 2.55. The summed E-state index contributed by atoms with van der Waals surface area (Å²) in [5.41, 5.74) is 2.07. The van der Waals surface area contributed by atoms with Crippen molar-refractivity contribution >= 4 is 23.2 Å². The molecule has 0 saturated heterocycles. The molecule has 3 rings (SSSR count). The van der Waals surface area contributed by atoms with Gasteiger partial charge in [-0.05, 0) is 24.4 Å². The van der Waals surface area contributed by atoms with E-state index in [9.17, 15) is 4.79 Å². The number of nitrogens with one attached hydrogen (secondary N) is 1. The highest BCUT2D eigenvalue weighted by molar-refractivity contribution is 7.71. The maximum atomic E-state index is 11.8. The minimum atomic E-state index is -0.229. The monoisotopic (exact) mass is 302 g/mol. The van der Waals surface area contributed by atoms with Crippen LogP contribution in [0, 0.1) is 4.77 Å². The lowest BCUT2D eigenvalue weighted by atomic mass is 10.1. The number of H-pyrrole nitrogens is 1. The molecule has 2 heterocycles. The predicted octanol–water partition coefficient (Wildman–Crippen LogP) is 2.97. The molecule has 5 nitrogen and oxygen atoms in total. The van der Waals surface area contributed by atoms with Crippen LogP contribution >= 0.6 is 12.2 Å². The van der Waals surface area contributed by atoms with E-state index in [0.29, 0.717) is 17.9 Å². The molecule has 1 N–H and O–H groups in total. The summed E-state index contributed by atoms with van der Waals surface area (Å²) in [7, 11) is 1.63. The van der Waals surface area contributed by atoms with Gasteiger partial charge in [-0.1, -0.05) is 12.1 Å². The van der Waals surface area contributed by atoms with Crippen LogP contribution in [0.2, 0.25) is 0 Å². The zero-order valence-corrected chi connectivity index (χ0v) is 12.3. The van der Waals surface area contributed by atoms with E-state index in [-0.39, 0.29) is 5.56 Å². The Bertz CT molecular complexity index is 892. The summed E-state index contributed by atoms with van der Waals surface area (Å²) in [6.07, 6.45) is 1.63. The molecule has 3 aromatic rings. The third-order valence-electron chi connectivity index (χ3n) is 3.31. The van der Waals surface area contributed by atoms with Crippen LogP contribution in [0.1, 0.15) is 0 Å². The van der Waals surface area contributed by atoms with E-state index in [2.05, 4.69) is 4.98 Å². The summed E-state index contributed by atoms with van der Waals surface area (Å²) >= 11 is 5.26. The fourth-order valence-corrected chi connectivity index (χ4v) is 2.63. The highest BCUT2D eigenvalue weighted by Gasteiger charge is 2.12. The number of para-hydroxylation sites is 1. The van der Waals surface area contributed by atoms with E-state index in [4.69, 9.17) is 21.4 Å². The van der Waals surface area contributed by atoms with Crippen molar-refractivity contribution in [3.8, 4) is 11.3 Å². The second-order valence-corrected chi connectivity index (χ2v) is 5.00. The average molecular weight is 302 g/mol. The third-order valence-corrected chi connectivity index (χ3v) is 3.63. The van der Waals surface area contributed by atoms with E-state index in [1.54, 1.807) is 13.4 Å². The minimum absolute atomic E-state index is 0.229. The molecule has 0 aliphatic heterocycles. The Kier molecular flexibility index (Phi) is 3.72. The standard InChI is InChI=1S/C15H14N2O3S/c1-19-8-6-17-12(9-13(18)16-15(17)21)11-4-2-3-10-5-7-20-14(10)11/h2-5,7,9H,6,8H2,1H3,(H,16,18,21). The molecule has 0 atom stereocenters. The van der Waals surface area contributed by atoms with Gasteiger partial charge in [-0.15, -0.1) is 0 Å². The first-order valence-electron chi connectivity index (χ1n) is 6.50. The first kappa shape index (κ1) is 13.8. The first-order chi connectivity index (χ1) is 10.2. The topological polar surface area (TPSA) is 60.2 Å². The van der Waals surface area contributed by atoms with Gasteiger partial charge in [0.15, 0.2) is 4.77 Å². The summed E-state index contributed by atoms with van der Waals surface area (Å²) in [5.74, 6) is 0. The summed E-state index contributed by atoms with van der Waals surface area (Å²) in [4.78, 5) is 14.4. The maximum Gasteiger partial charge on any atom is 0.252 e. The lowest BCUT2D eigenvalue weighted by molar-refractivity contribution is 0.187. The Morgan fingerprint density at radius 2 is 2.24 bits per heavy atom. The van der Waals surface area contributed by atoms with Crippen LogP contribution in [0.25, 0.3) is 22.2 Å². The molecule has 108 valence electrons. The lowest BCUT2D eigenvalue weighted by Crippen LogP contribution is -2.16. The van der Waals surface area contributed by atoms with Gasteiger partial charge >= 0.3 is 0 Å². The van der Waals surface area contributed by atoms with Gasteiger partial charge in [0.1, 0.15) is 5.58 Å². The number of nitrogens with zero attached hydrogens (tertiary/aromatic N) is 1. The minimum Gasteiger partial charge on any atom is -0.464 e. The predicted molar refractivity (Wildman–Crippen MR) is 83.0 cm³/mol. The van der Waals surface area contributed by atoms with E-state index in [0.717, 1.165) is 22.2 Å². The summed E-state index contributed by atoms with van der Waals surface area (Å²) in [6.45, 7) is 1.06. The Morgan fingerprint density at radius 3 is 3.05 bits per heavy atom. The number of aromatic amines is 1. The first-order valence-corrected chi connectivity index (χ1v) is 6.91. The smallest absolute Gasteiger partial charge is 0.252 e. The van der Waals surface area contributed by atoms with Crippen molar-refractivity contribution in [1.82, 2.24) is 9.55 Å². The molecule has 0 unspecified atom stereocenters. The van der Waals surface area contributed by atoms with Gasteiger partial charge in [0.2, 0.25) is 0 Å². The van der Waals surface area contributed by atoms with Crippen LogP contribution in [-0.2, 0) is 11.3 Å². The van der Waals surface area contributed by atoms with Crippen LogP contribution in [-0.4, -0.2) is 23.3 Å². The zero-order chi connectivity index (χ0) is 14.8. The van der Waals surface area contributed by atoms with Gasteiger partial charge in [-0.25, -0.2) is 0 Å². The average Bonchev–Trinajstić information content (AvgIpc) is 2.94. The van der Waals surface area contributed by atoms with Crippen molar-refractivity contribution in [2.75, 3.05) is 13.7 Å². The van der Waals surface area contributed by atoms with Crippen molar-refractivity contribution in [3.63, 3.8) is 0 Å². The molecule has 0 fully saturated rings. The number of aromatic nitrogens is 2.